The highest BCUT2D eigenvalue weighted by Gasteiger charge is 2.11. The summed E-state index contributed by atoms with van der Waals surface area (Å²) in [5.74, 6) is 0.636. The zero-order valence-electron chi connectivity index (χ0n) is 14.7. The van der Waals surface area contributed by atoms with Crippen LogP contribution in [-0.2, 0) is 4.79 Å². The summed E-state index contributed by atoms with van der Waals surface area (Å²) in [4.78, 5) is 10.4. The Morgan fingerprint density at radius 1 is 0.926 bits per heavy atom. The summed E-state index contributed by atoms with van der Waals surface area (Å²) in [6.07, 6.45) is -0.325. The lowest BCUT2D eigenvalue weighted by atomic mass is 10.2. The molecule has 27 heavy (non-hydrogen) atoms. The van der Waals surface area contributed by atoms with E-state index in [0.717, 1.165) is 0 Å². The summed E-state index contributed by atoms with van der Waals surface area (Å²) in [5, 5.41) is 18.5. The van der Waals surface area contributed by atoms with Crippen molar-refractivity contribution in [2.75, 3.05) is 13.2 Å². The number of carboxylic acid groups (broad SMARTS) is 1. The molecular weight excluding hydrogens is 374 g/mol. The number of hydrogen-bond acceptors (Lipinski definition) is 6. The van der Waals surface area contributed by atoms with Crippen LogP contribution in [0.5, 0.6) is 17.2 Å². The van der Waals surface area contributed by atoms with Crippen LogP contribution in [-0.4, -0.2) is 41.7 Å². The smallest absolute Gasteiger partial charge is 0.341 e. The van der Waals surface area contributed by atoms with Crippen molar-refractivity contribution in [3.63, 3.8) is 0 Å². The zero-order chi connectivity index (χ0) is 18.8. The second kappa shape index (κ2) is 12.0. The lowest BCUT2D eigenvalue weighted by Gasteiger charge is -2.17. The van der Waals surface area contributed by atoms with Gasteiger partial charge >= 0.3 is 5.97 Å². The van der Waals surface area contributed by atoms with Crippen molar-refractivity contribution in [1.29, 1.82) is 0 Å². The number of carbonyl (C=O) groups is 1. The predicted molar refractivity (Wildman–Crippen MR) is 103 cm³/mol. The topological polar surface area (TPSA) is 111 Å². The Morgan fingerprint density at radius 2 is 1.52 bits per heavy atom. The van der Waals surface area contributed by atoms with Crippen molar-refractivity contribution in [2.45, 2.75) is 25.2 Å². The fourth-order valence-corrected chi connectivity index (χ4v) is 2.14. The molecule has 0 spiro atoms. The van der Waals surface area contributed by atoms with Gasteiger partial charge < -0.3 is 24.4 Å². The maximum absolute atomic E-state index is 10.4. The molecule has 0 aromatic heterocycles. The van der Waals surface area contributed by atoms with Crippen molar-refractivity contribution >= 4 is 18.4 Å². The average Bonchev–Trinajstić information content (AvgIpc) is 2.65. The molecule has 0 aliphatic rings. The molecule has 4 N–H and O–H groups in total. The van der Waals surface area contributed by atoms with Gasteiger partial charge in [0.1, 0.15) is 30.1 Å². The van der Waals surface area contributed by atoms with E-state index in [1.165, 1.54) is 0 Å². The summed E-state index contributed by atoms with van der Waals surface area (Å²) < 4.78 is 16.1. The maximum Gasteiger partial charge on any atom is 0.341 e. The standard InChI is InChI=1S/C19H23NO6.ClH/c20-18(11-6-14(21)12-24-15-4-2-1-3-5-15)26-17-9-7-16(8-10-17)25-13-19(22)23;/h1-5,7-10,14,18,21H,6,11-13,20H2,(H,22,23);1H. The van der Waals surface area contributed by atoms with E-state index in [2.05, 4.69) is 0 Å². The molecule has 0 amide bonds. The van der Waals surface area contributed by atoms with Gasteiger partial charge in [0.25, 0.3) is 0 Å². The molecular formula is C19H24ClNO6. The van der Waals surface area contributed by atoms with E-state index >= 15 is 0 Å². The quantitative estimate of drug-likeness (QED) is 0.499. The zero-order valence-corrected chi connectivity index (χ0v) is 15.5. The van der Waals surface area contributed by atoms with Crippen LogP contribution in [0.1, 0.15) is 12.8 Å². The van der Waals surface area contributed by atoms with Gasteiger partial charge in [0, 0.05) is 6.42 Å². The molecule has 0 bridgehead atoms. The largest absolute Gasteiger partial charge is 0.491 e. The summed E-state index contributed by atoms with van der Waals surface area (Å²) in [5.41, 5.74) is 5.91. The van der Waals surface area contributed by atoms with E-state index in [1.54, 1.807) is 24.3 Å². The first-order valence-corrected chi connectivity index (χ1v) is 8.26. The molecule has 0 radical (unpaired) electrons. The van der Waals surface area contributed by atoms with E-state index < -0.39 is 24.9 Å². The van der Waals surface area contributed by atoms with Gasteiger partial charge in [-0.1, -0.05) is 18.2 Å². The maximum atomic E-state index is 10.4. The third-order valence-corrected chi connectivity index (χ3v) is 3.44. The van der Waals surface area contributed by atoms with Gasteiger partial charge in [-0.25, -0.2) is 4.79 Å². The van der Waals surface area contributed by atoms with Gasteiger partial charge in [-0.05, 0) is 42.8 Å². The SMILES string of the molecule is Cl.NC(CCC(O)COc1ccccc1)Oc1ccc(OCC(=O)O)cc1. The van der Waals surface area contributed by atoms with Gasteiger partial charge in [-0.15, -0.1) is 12.4 Å². The lowest BCUT2D eigenvalue weighted by molar-refractivity contribution is -0.139. The number of nitrogens with two attached hydrogens (primary N) is 1. The molecule has 2 unspecified atom stereocenters. The van der Waals surface area contributed by atoms with Crippen LogP contribution in [0.3, 0.4) is 0 Å². The summed E-state index contributed by atoms with van der Waals surface area (Å²) in [7, 11) is 0. The molecule has 0 aliphatic carbocycles. The number of halogens is 1. The molecule has 2 aromatic rings. The summed E-state index contributed by atoms with van der Waals surface area (Å²) in [6, 6.07) is 15.8. The molecule has 0 saturated heterocycles. The van der Waals surface area contributed by atoms with E-state index in [0.29, 0.717) is 30.1 Å². The Bertz CT molecular complexity index is 668. The molecule has 148 valence electrons. The number of rotatable bonds is 11. The first kappa shape index (κ1) is 22.6. The van der Waals surface area contributed by atoms with Crippen molar-refractivity contribution in [1.82, 2.24) is 0 Å². The molecule has 0 fully saturated rings. The third kappa shape index (κ3) is 9.14. The van der Waals surface area contributed by atoms with Crippen molar-refractivity contribution in [3.8, 4) is 17.2 Å². The summed E-state index contributed by atoms with van der Waals surface area (Å²) in [6.45, 7) is -0.213. The monoisotopic (exact) mass is 397 g/mol. The van der Waals surface area contributed by atoms with Crippen LogP contribution in [0.25, 0.3) is 0 Å². The van der Waals surface area contributed by atoms with E-state index in [9.17, 15) is 9.90 Å². The number of hydrogen-bond donors (Lipinski definition) is 3. The van der Waals surface area contributed by atoms with Gasteiger partial charge in [0.15, 0.2) is 6.61 Å². The molecule has 0 saturated carbocycles. The van der Waals surface area contributed by atoms with Crippen LogP contribution < -0.4 is 19.9 Å². The fourth-order valence-electron chi connectivity index (χ4n) is 2.14. The fraction of sp³-hybridized carbons (Fsp3) is 0.316. The van der Waals surface area contributed by atoms with Gasteiger partial charge in [0.2, 0.25) is 0 Å². The van der Waals surface area contributed by atoms with Gasteiger partial charge in [0.05, 0.1) is 6.10 Å². The molecule has 0 aliphatic heterocycles. The first-order chi connectivity index (χ1) is 12.5. The van der Waals surface area contributed by atoms with Gasteiger partial charge in [-0.3, -0.25) is 5.73 Å². The van der Waals surface area contributed by atoms with Crippen molar-refractivity contribution in [3.05, 3.63) is 54.6 Å². The average molecular weight is 398 g/mol. The highest BCUT2D eigenvalue weighted by molar-refractivity contribution is 5.85. The molecule has 2 atom stereocenters. The Labute approximate surface area is 164 Å². The number of aliphatic hydroxyl groups excluding tert-OH is 1. The van der Waals surface area contributed by atoms with Crippen LogP contribution in [0.15, 0.2) is 54.6 Å². The molecule has 2 aromatic carbocycles. The van der Waals surface area contributed by atoms with E-state index in [4.69, 9.17) is 25.1 Å². The van der Waals surface area contributed by atoms with Gasteiger partial charge in [-0.2, -0.15) is 0 Å². The van der Waals surface area contributed by atoms with Crippen LogP contribution >= 0.6 is 12.4 Å². The Kier molecular flexibility index (Phi) is 10.0. The highest BCUT2D eigenvalue weighted by Crippen LogP contribution is 2.19. The lowest BCUT2D eigenvalue weighted by Crippen LogP contribution is -2.29. The predicted octanol–water partition coefficient (Wildman–Crippen LogP) is 2.46. The number of carboxylic acids is 1. The van der Waals surface area contributed by atoms with Crippen molar-refractivity contribution < 1.29 is 29.2 Å². The van der Waals surface area contributed by atoms with Crippen LogP contribution in [0, 0.1) is 0 Å². The number of ether oxygens (including phenoxy) is 3. The number of aliphatic carboxylic acids is 1. The molecule has 8 heteroatoms. The Morgan fingerprint density at radius 3 is 2.15 bits per heavy atom. The molecule has 7 nitrogen and oxygen atoms in total. The summed E-state index contributed by atoms with van der Waals surface area (Å²) >= 11 is 0. The minimum atomic E-state index is -1.04. The van der Waals surface area contributed by atoms with E-state index in [1.807, 2.05) is 30.3 Å². The second-order valence-corrected chi connectivity index (χ2v) is 5.67. The Balaban J connectivity index is 0.00000364. The minimum absolute atomic E-state index is 0. The van der Waals surface area contributed by atoms with Crippen LogP contribution in [0.4, 0.5) is 0 Å². The highest BCUT2D eigenvalue weighted by atomic mass is 35.5. The third-order valence-electron chi connectivity index (χ3n) is 3.44. The molecule has 0 heterocycles. The Hall–Kier alpha value is -2.48. The number of aliphatic hydroxyl groups is 1. The van der Waals surface area contributed by atoms with Crippen molar-refractivity contribution in [2.24, 2.45) is 5.73 Å². The normalized spacial score (nSPS) is 12.4. The molecule has 2 rings (SSSR count). The van der Waals surface area contributed by atoms with Crippen LogP contribution in [0.2, 0.25) is 0 Å². The second-order valence-electron chi connectivity index (χ2n) is 5.67. The number of benzene rings is 2. The first-order valence-electron chi connectivity index (χ1n) is 8.26. The van der Waals surface area contributed by atoms with E-state index in [-0.39, 0.29) is 19.0 Å². The number of para-hydroxylation sites is 1. The minimum Gasteiger partial charge on any atom is -0.491 e.